The first kappa shape index (κ1) is 23.6. The number of aliphatic hydroxyl groups is 2. The molecule has 0 saturated carbocycles. The number of aliphatic hydroxyl groups excluding tert-OH is 2. The number of hydrogen-bond acceptors (Lipinski definition) is 6. The van der Waals surface area contributed by atoms with E-state index in [1.807, 2.05) is 12.1 Å². The summed E-state index contributed by atoms with van der Waals surface area (Å²) in [5.74, 6) is -2.65. The molecule has 3 fully saturated rings. The molecule has 0 radical (unpaired) electrons. The van der Waals surface area contributed by atoms with Crippen LogP contribution < -0.4 is 0 Å². The van der Waals surface area contributed by atoms with E-state index in [-0.39, 0.29) is 17.9 Å². The highest BCUT2D eigenvalue weighted by Gasteiger charge is 2.45. The number of Topliss-reactive ketones (excluding diaryl/α,β-unsaturated/α-hetero) is 1. The van der Waals surface area contributed by atoms with Crippen molar-refractivity contribution in [3.05, 3.63) is 71.8 Å². The molecular weight excluding hydrogens is 414 g/mol. The van der Waals surface area contributed by atoms with Crippen LogP contribution in [-0.2, 0) is 14.4 Å². The van der Waals surface area contributed by atoms with Crippen molar-refractivity contribution in [2.24, 2.45) is 5.92 Å². The Hall–Kier alpha value is -3.07. The number of carbonyl (C=O) groups is 3. The Balaban J connectivity index is 0.000000247. The van der Waals surface area contributed by atoms with Crippen LogP contribution in [0.3, 0.4) is 0 Å². The molecule has 0 aliphatic carbocycles. The number of fused-ring (bicyclic) bond motifs is 3. The summed E-state index contributed by atoms with van der Waals surface area (Å²) in [6.45, 7) is 2.13. The van der Waals surface area contributed by atoms with Crippen molar-refractivity contribution in [3.63, 3.8) is 0 Å². The molecule has 2 aromatic carbocycles. The summed E-state index contributed by atoms with van der Waals surface area (Å²) in [4.78, 5) is 34.9. The van der Waals surface area contributed by atoms with E-state index in [1.54, 1.807) is 0 Å². The second-order valence-electron chi connectivity index (χ2n) is 8.02. The summed E-state index contributed by atoms with van der Waals surface area (Å²) in [5, 5.41) is 32.5. The van der Waals surface area contributed by atoms with E-state index >= 15 is 0 Å². The molecule has 4 N–H and O–H groups in total. The fourth-order valence-electron chi connectivity index (χ4n) is 4.41. The number of aliphatic carboxylic acids is 2. The largest absolute Gasteiger partial charge is 0.479 e. The van der Waals surface area contributed by atoms with Gasteiger partial charge in [-0.1, -0.05) is 60.7 Å². The molecule has 5 rings (SSSR count). The van der Waals surface area contributed by atoms with Gasteiger partial charge in [-0.25, -0.2) is 9.59 Å². The van der Waals surface area contributed by atoms with E-state index in [4.69, 9.17) is 20.4 Å². The van der Waals surface area contributed by atoms with Crippen molar-refractivity contribution in [2.45, 2.75) is 37.0 Å². The van der Waals surface area contributed by atoms with Crippen molar-refractivity contribution < 1.29 is 34.8 Å². The molecule has 3 atom stereocenters. The molecule has 8 heteroatoms. The fraction of sp³-hybridized carbons (Fsp3) is 0.375. The normalized spacial score (nSPS) is 23.7. The lowest BCUT2D eigenvalue weighted by Crippen LogP contribution is -2.57. The molecule has 8 nitrogen and oxygen atoms in total. The van der Waals surface area contributed by atoms with Crippen LogP contribution in [0.1, 0.15) is 29.9 Å². The summed E-state index contributed by atoms with van der Waals surface area (Å²) in [7, 11) is 0. The topological polar surface area (TPSA) is 135 Å². The van der Waals surface area contributed by atoms with E-state index < -0.39 is 24.1 Å². The first-order chi connectivity index (χ1) is 15.3. The van der Waals surface area contributed by atoms with Crippen LogP contribution in [0.4, 0.5) is 0 Å². The average molecular weight is 441 g/mol. The molecule has 0 spiro atoms. The highest BCUT2D eigenvalue weighted by atomic mass is 16.4. The third-order valence-electron chi connectivity index (χ3n) is 6.06. The minimum atomic E-state index is -2.27. The molecule has 3 aliphatic heterocycles. The third kappa shape index (κ3) is 5.21. The molecule has 2 aromatic rings. The number of carboxylic acids is 2. The van der Waals surface area contributed by atoms with E-state index in [1.165, 1.54) is 11.1 Å². The van der Waals surface area contributed by atoms with Gasteiger partial charge in [0.05, 0.1) is 6.04 Å². The van der Waals surface area contributed by atoms with Gasteiger partial charge in [0.1, 0.15) is 0 Å². The monoisotopic (exact) mass is 441 g/mol. The third-order valence-corrected chi connectivity index (χ3v) is 6.06. The highest BCUT2D eigenvalue weighted by Crippen LogP contribution is 2.39. The summed E-state index contributed by atoms with van der Waals surface area (Å²) in [6.07, 6.45) is -2.44. The number of nitrogens with zero attached hydrogens (tertiary/aromatic N) is 1. The number of ketones is 1. The molecule has 0 unspecified atom stereocenters. The maximum atomic E-state index is 12.9. The number of carbonyl (C=O) groups excluding carboxylic acids is 1. The lowest BCUT2D eigenvalue weighted by atomic mass is 9.73. The van der Waals surface area contributed by atoms with E-state index in [0.717, 1.165) is 25.9 Å². The SMILES string of the molecule is O=C(O)[C@H](O)[C@@H](O)C(=O)O.O=C1C2CCN(CC2)[C@H]1C(c1ccccc1)c1ccccc1. The molecule has 0 amide bonds. The van der Waals surface area contributed by atoms with Crippen molar-refractivity contribution in [1.82, 2.24) is 4.90 Å². The number of benzene rings is 2. The van der Waals surface area contributed by atoms with Gasteiger partial charge < -0.3 is 20.4 Å². The quantitative estimate of drug-likeness (QED) is 0.528. The van der Waals surface area contributed by atoms with E-state index in [9.17, 15) is 14.4 Å². The number of hydrogen-bond donors (Lipinski definition) is 4. The standard InChI is InChI=1S/C20H21NO.C4H6O6/c22-20-17-11-13-21(14-12-17)19(20)18(15-7-3-1-4-8-15)16-9-5-2-6-10-16;5-1(3(7)8)2(6)4(9)10/h1-10,17-19H,11-14H2;1-2,5-6H,(H,7,8)(H,9,10)/t19-;1-,2-/m01/s1. The van der Waals surface area contributed by atoms with Crippen molar-refractivity contribution in [1.29, 1.82) is 0 Å². The van der Waals surface area contributed by atoms with Crippen LogP contribution in [-0.4, -0.2) is 74.4 Å². The minimum absolute atomic E-state index is 0.0114. The zero-order valence-electron chi connectivity index (χ0n) is 17.4. The van der Waals surface area contributed by atoms with Gasteiger partial charge in [-0.15, -0.1) is 0 Å². The lowest BCUT2D eigenvalue weighted by molar-refractivity contribution is -0.165. The molecule has 32 heavy (non-hydrogen) atoms. The number of rotatable bonds is 6. The predicted octanol–water partition coefficient (Wildman–Crippen LogP) is 1.36. The first-order valence-corrected chi connectivity index (χ1v) is 10.5. The summed E-state index contributed by atoms with van der Waals surface area (Å²) in [6, 6.07) is 21.0. The number of carboxylic acid groups (broad SMARTS) is 2. The van der Waals surface area contributed by atoms with Crippen LogP contribution in [0.15, 0.2) is 60.7 Å². The Morgan fingerprint density at radius 2 is 1.19 bits per heavy atom. The minimum Gasteiger partial charge on any atom is -0.479 e. The number of piperidine rings is 3. The fourth-order valence-corrected chi connectivity index (χ4v) is 4.41. The van der Waals surface area contributed by atoms with Gasteiger partial charge in [0.2, 0.25) is 0 Å². The molecule has 170 valence electrons. The van der Waals surface area contributed by atoms with Crippen molar-refractivity contribution in [2.75, 3.05) is 13.1 Å². The van der Waals surface area contributed by atoms with Crippen LogP contribution in [0.25, 0.3) is 0 Å². The predicted molar refractivity (Wildman–Crippen MR) is 115 cm³/mol. The van der Waals surface area contributed by atoms with Gasteiger partial charge in [0, 0.05) is 11.8 Å². The molecule has 0 aromatic heterocycles. The van der Waals surface area contributed by atoms with E-state index in [2.05, 4.69) is 53.4 Å². The maximum absolute atomic E-state index is 12.9. The zero-order chi connectivity index (χ0) is 23.3. The molecule has 3 heterocycles. The molecular formula is C24H27NO7. The maximum Gasteiger partial charge on any atom is 0.335 e. The van der Waals surface area contributed by atoms with Gasteiger partial charge >= 0.3 is 11.9 Å². The second kappa shape index (κ2) is 10.5. The summed E-state index contributed by atoms with van der Waals surface area (Å²) in [5.41, 5.74) is 2.50. The van der Waals surface area contributed by atoms with Gasteiger partial charge in [-0.05, 0) is 37.1 Å². The van der Waals surface area contributed by atoms with Crippen LogP contribution in [0, 0.1) is 5.92 Å². The average Bonchev–Trinajstić information content (AvgIpc) is 2.82. The van der Waals surface area contributed by atoms with Crippen molar-refractivity contribution >= 4 is 17.7 Å². The van der Waals surface area contributed by atoms with Crippen LogP contribution in [0.2, 0.25) is 0 Å². The summed E-state index contributed by atoms with van der Waals surface area (Å²) >= 11 is 0. The van der Waals surface area contributed by atoms with Crippen LogP contribution in [0.5, 0.6) is 0 Å². The summed E-state index contributed by atoms with van der Waals surface area (Å²) < 4.78 is 0. The Bertz CT molecular complexity index is 868. The Kier molecular flexibility index (Phi) is 7.74. The Labute approximate surface area is 185 Å². The lowest BCUT2D eigenvalue weighted by Gasteiger charge is -2.47. The van der Waals surface area contributed by atoms with Gasteiger partial charge in [0.15, 0.2) is 18.0 Å². The Morgan fingerprint density at radius 3 is 1.53 bits per heavy atom. The molecule has 3 aliphatic rings. The van der Waals surface area contributed by atoms with Gasteiger partial charge in [0.25, 0.3) is 0 Å². The van der Waals surface area contributed by atoms with Crippen LogP contribution >= 0.6 is 0 Å². The van der Waals surface area contributed by atoms with Gasteiger partial charge in [-0.2, -0.15) is 0 Å². The van der Waals surface area contributed by atoms with Crippen molar-refractivity contribution in [3.8, 4) is 0 Å². The second-order valence-corrected chi connectivity index (χ2v) is 8.02. The van der Waals surface area contributed by atoms with E-state index in [0.29, 0.717) is 5.78 Å². The smallest absolute Gasteiger partial charge is 0.335 e. The van der Waals surface area contributed by atoms with Gasteiger partial charge in [-0.3, -0.25) is 9.69 Å². The highest BCUT2D eigenvalue weighted by molar-refractivity contribution is 5.89. The Morgan fingerprint density at radius 1 is 0.781 bits per heavy atom. The molecule has 2 bridgehead atoms. The molecule has 3 saturated heterocycles. The zero-order valence-corrected chi connectivity index (χ0v) is 17.4. The first-order valence-electron chi connectivity index (χ1n) is 10.5.